The Morgan fingerprint density at radius 3 is 2.50 bits per heavy atom. The molecule has 0 fully saturated rings. The Morgan fingerprint density at radius 1 is 1.50 bits per heavy atom. The van der Waals surface area contributed by atoms with Crippen molar-refractivity contribution in [1.29, 1.82) is 0 Å². The van der Waals surface area contributed by atoms with Gasteiger partial charge in [0, 0.05) is 19.6 Å². The largest absolute Gasteiger partial charge is 0.360 e. The number of unbranched alkanes of at least 4 members (excludes halogenated alkanes) is 1. The summed E-state index contributed by atoms with van der Waals surface area (Å²) in [6.07, 6.45) is 2.42. The van der Waals surface area contributed by atoms with Gasteiger partial charge in [-0.1, -0.05) is 13.3 Å². The first-order chi connectivity index (χ1) is 5.57. The average molecular weight is 188 g/mol. The van der Waals surface area contributed by atoms with Crippen LogP contribution in [0, 0.1) is 0 Å². The highest BCUT2D eigenvalue weighted by Gasteiger charge is 2.03. The summed E-state index contributed by atoms with van der Waals surface area (Å²) in [6, 6.07) is 0.432. The van der Waals surface area contributed by atoms with Crippen LogP contribution < -0.4 is 5.32 Å². The highest BCUT2D eigenvalue weighted by Crippen LogP contribution is 1.93. The molecule has 0 unspecified atom stereocenters. The predicted octanol–water partition coefficient (Wildman–Crippen LogP) is 2.00. The van der Waals surface area contributed by atoms with Gasteiger partial charge in [0.25, 0.3) is 0 Å². The number of nitrogens with one attached hydrogen (secondary N) is 1. The molecule has 0 aromatic rings. The van der Waals surface area contributed by atoms with Crippen molar-refractivity contribution in [2.45, 2.75) is 39.7 Å². The molecule has 0 saturated carbocycles. The van der Waals surface area contributed by atoms with E-state index in [4.69, 9.17) is 12.2 Å². The first-order valence-electron chi connectivity index (χ1n) is 4.59. The average Bonchev–Trinajstić information content (AvgIpc) is 1.98. The summed E-state index contributed by atoms with van der Waals surface area (Å²) >= 11 is 5.18. The molecule has 0 atom stereocenters. The summed E-state index contributed by atoms with van der Waals surface area (Å²) in [6.45, 7) is 7.43. The third-order valence-electron chi connectivity index (χ3n) is 1.61. The van der Waals surface area contributed by atoms with Gasteiger partial charge in [-0.25, -0.2) is 0 Å². The van der Waals surface area contributed by atoms with Crippen LogP contribution in [0.1, 0.15) is 33.6 Å². The van der Waals surface area contributed by atoms with E-state index in [-0.39, 0.29) is 0 Å². The number of thiocarbonyl (C=S) groups is 1. The van der Waals surface area contributed by atoms with Crippen molar-refractivity contribution in [2.75, 3.05) is 13.6 Å². The highest BCUT2D eigenvalue weighted by atomic mass is 32.1. The zero-order valence-electron chi connectivity index (χ0n) is 8.55. The minimum atomic E-state index is 0.432. The van der Waals surface area contributed by atoms with Gasteiger partial charge in [-0.2, -0.15) is 0 Å². The fourth-order valence-corrected chi connectivity index (χ4v) is 1.18. The van der Waals surface area contributed by atoms with Gasteiger partial charge >= 0.3 is 0 Å². The van der Waals surface area contributed by atoms with Crippen LogP contribution in [-0.4, -0.2) is 29.6 Å². The lowest BCUT2D eigenvalue weighted by Gasteiger charge is -2.22. The molecule has 0 saturated heterocycles. The molecule has 0 bridgehead atoms. The Bertz CT molecular complexity index is 134. The lowest BCUT2D eigenvalue weighted by Crippen LogP contribution is -2.40. The SMILES string of the molecule is CCCCN(C)C(=S)NC(C)C. The molecular formula is C9H20N2S. The van der Waals surface area contributed by atoms with Crippen LogP contribution in [0.15, 0.2) is 0 Å². The predicted molar refractivity (Wildman–Crippen MR) is 58.4 cm³/mol. The van der Waals surface area contributed by atoms with E-state index in [0.717, 1.165) is 11.7 Å². The van der Waals surface area contributed by atoms with E-state index in [0.29, 0.717) is 6.04 Å². The van der Waals surface area contributed by atoms with Crippen molar-refractivity contribution in [3.63, 3.8) is 0 Å². The van der Waals surface area contributed by atoms with Gasteiger partial charge in [-0.05, 0) is 32.5 Å². The van der Waals surface area contributed by atoms with Crippen LogP contribution in [0.4, 0.5) is 0 Å². The number of hydrogen-bond acceptors (Lipinski definition) is 1. The third kappa shape index (κ3) is 5.35. The van der Waals surface area contributed by atoms with Crippen LogP contribution in [0.2, 0.25) is 0 Å². The van der Waals surface area contributed by atoms with Crippen molar-refractivity contribution in [3.05, 3.63) is 0 Å². The molecule has 0 rings (SSSR count). The van der Waals surface area contributed by atoms with Gasteiger partial charge in [-0.3, -0.25) is 0 Å². The highest BCUT2D eigenvalue weighted by molar-refractivity contribution is 7.80. The maximum absolute atomic E-state index is 5.18. The summed E-state index contributed by atoms with van der Waals surface area (Å²) in [4.78, 5) is 2.10. The van der Waals surface area contributed by atoms with Crippen molar-refractivity contribution in [2.24, 2.45) is 0 Å². The first-order valence-corrected chi connectivity index (χ1v) is 5.00. The van der Waals surface area contributed by atoms with Crippen molar-refractivity contribution in [1.82, 2.24) is 10.2 Å². The topological polar surface area (TPSA) is 15.3 Å². The van der Waals surface area contributed by atoms with Crippen LogP contribution in [0.25, 0.3) is 0 Å². The van der Waals surface area contributed by atoms with E-state index in [2.05, 4.69) is 31.0 Å². The van der Waals surface area contributed by atoms with Crippen molar-refractivity contribution in [3.8, 4) is 0 Å². The number of hydrogen-bond donors (Lipinski definition) is 1. The third-order valence-corrected chi connectivity index (χ3v) is 2.04. The number of nitrogens with zero attached hydrogens (tertiary/aromatic N) is 1. The molecule has 0 aromatic heterocycles. The Kier molecular flexibility index (Phi) is 6.07. The molecule has 0 aliphatic heterocycles. The van der Waals surface area contributed by atoms with Gasteiger partial charge in [0.2, 0.25) is 0 Å². The zero-order chi connectivity index (χ0) is 9.56. The second kappa shape index (κ2) is 6.23. The van der Waals surface area contributed by atoms with E-state index in [9.17, 15) is 0 Å². The molecule has 2 nitrogen and oxygen atoms in total. The van der Waals surface area contributed by atoms with Gasteiger partial charge in [-0.15, -0.1) is 0 Å². The van der Waals surface area contributed by atoms with Crippen molar-refractivity contribution >= 4 is 17.3 Å². The summed E-state index contributed by atoms with van der Waals surface area (Å²) in [5.74, 6) is 0. The van der Waals surface area contributed by atoms with Crippen LogP contribution >= 0.6 is 12.2 Å². The molecule has 0 spiro atoms. The minimum absolute atomic E-state index is 0.432. The van der Waals surface area contributed by atoms with Gasteiger partial charge in [0.15, 0.2) is 5.11 Å². The Balaban J connectivity index is 3.61. The quantitative estimate of drug-likeness (QED) is 0.679. The van der Waals surface area contributed by atoms with E-state index in [1.807, 2.05) is 7.05 Å². The fourth-order valence-electron chi connectivity index (χ4n) is 0.854. The summed E-state index contributed by atoms with van der Waals surface area (Å²) in [5, 5.41) is 4.07. The molecule has 0 aromatic carbocycles. The molecular weight excluding hydrogens is 168 g/mol. The van der Waals surface area contributed by atoms with Crippen LogP contribution in [0.3, 0.4) is 0 Å². The second-order valence-electron chi connectivity index (χ2n) is 3.38. The molecule has 0 aliphatic carbocycles. The summed E-state index contributed by atoms with van der Waals surface area (Å²) < 4.78 is 0. The standard InChI is InChI=1S/C9H20N2S/c1-5-6-7-11(4)9(12)10-8(2)3/h8H,5-7H2,1-4H3,(H,10,12). The molecule has 0 heterocycles. The zero-order valence-corrected chi connectivity index (χ0v) is 9.37. The monoisotopic (exact) mass is 188 g/mol. The van der Waals surface area contributed by atoms with E-state index < -0.39 is 0 Å². The van der Waals surface area contributed by atoms with Crippen LogP contribution in [0.5, 0.6) is 0 Å². The first kappa shape index (κ1) is 11.7. The van der Waals surface area contributed by atoms with Crippen molar-refractivity contribution < 1.29 is 0 Å². The van der Waals surface area contributed by atoms with E-state index >= 15 is 0 Å². The Labute approximate surface area is 81.3 Å². The molecule has 72 valence electrons. The van der Waals surface area contributed by atoms with Gasteiger partial charge < -0.3 is 10.2 Å². The lowest BCUT2D eigenvalue weighted by atomic mass is 10.3. The van der Waals surface area contributed by atoms with Crippen LogP contribution in [-0.2, 0) is 0 Å². The molecule has 0 amide bonds. The summed E-state index contributed by atoms with van der Waals surface area (Å²) in [5.41, 5.74) is 0. The van der Waals surface area contributed by atoms with Gasteiger partial charge in [0.1, 0.15) is 0 Å². The van der Waals surface area contributed by atoms with E-state index in [1.54, 1.807) is 0 Å². The number of rotatable bonds is 4. The molecule has 0 aliphatic rings. The summed E-state index contributed by atoms with van der Waals surface area (Å²) in [7, 11) is 2.04. The fraction of sp³-hybridized carbons (Fsp3) is 0.889. The smallest absolute Gasteiger partial charge is 0.168 e. The van der Waals surface area contributed by atoms with Gasteiger partial charge in [0.05, 0.1) is 0 Å². The molecule has 0 radical (unpaired) electrons. The minimum Gasteiger partial charge on any atom is -0.360 e. The molecule has 12 heavy (non-hydrogen) atoms. The van der Waals surface area contributed by atoms with E-state index in [1.165, 1.54) is 12.8 Å². The normalized spacial score (nSPS) is 10.1. The molecule has 1 N–H and O–H groups in total. The maximum Gasteiger partial charge on any atom is 0.168 e. The maximum atomic E-state index is 5.18. The Morgan fingerprint density at radius 2 is 2.08 bits per heavy atom. The lowest BCUT2D eigenvalue weighted by molar-refractivity contribution is 0.468. The Hall–Kier alpha value is -0.310. The second-order valence-corrected chi connectivity index (χ2v) is 3.77. The molecule has 3 heteroatoms.